The van der Waals surface area contributed by atoms with Crippen molar-refractivity contribution in [2.75, 3.05) is 5.73 Å². The number of carbonyl (C=O) groups excluding carboxylic acids is 4. The number of fused-ring (bicyclic) bond motifs is 1. The molecule has 3 N–H and O–H groups in total. The van der Waals surface area contributed by atoms with Crippen molar-refractivity contribution in [1.82, 2.24) is 10.2 Å². The number of imide groups is 2. The van der Waals surface area contributed by atoms with Crippen molar-refractivity contribution < 1.29 is 30.1 Å². The number of hydrogen-bond donors (Lipinski definition) is 2. The van der Waals surface area contributed by atoms with Gasteiger partial charge in [-0.1, -0.05) is 6.04 Å². The maximum Gasteiger partial charge on any atom is 0.264 e. The molecule has 7 nitrogen and oxygen atoms in total. The summed E-state index contributed by atoms with van der Waals surface area (Å²) in [6.07, 6.45) is -7.16. The molecule has 1 atom stereocenters. The summed E-state index contributed by atoms with van der Waals surface area (Å²) < 4.78 is 62.4. The number of nitrogens with one attached hydrogen (secondary N) is 1. The molecule has 2 aliphatic rings. The highest BCUT2D eigenvalue weighted by Gasteiger charge is 2.45. The minimum atomic E-state index is -3.68. The Bertz CT molecular complexity index is 963. The Morgan fingerprint density at radius 3 is 2.85 bits per heavy atom. The number of rotatable bonds is 1. The molecule has 0 aromatic heterocycles. The fourth-order valence-corrected chi connectivity index (χ4v) is 1.85. The second-order valence-electron chi connectivity index (χ2n) is 3.87. The van der Waals surface area contributed by atoms with Crippen LogP contribution in [0.1, 0.15) is 44.4 Å². The molecule has 1 saturated heterocycles. The van der Waals surface area contributed by atoms with Crippen LogP contribution in [0, 0.1) is 0 Å². The second kappa shape index (κ2) is 4.16. The van der Waals surface area contributed by atoms with Crippen LogP contribution in [0.15, 0.2) is 18.1 Å². The van der Waals surface area contributed by atoms with Crippen molar-refractivity contribution >= 4 is 29.3 Å². The van der Waals surface area contributed by atoms with E-state index in [0.717, 1.165) is 0 Å². The molecule has 2 heterocycles. The molecule has 0 aliphatic carbocycles. The number of amides is 4. The fourth-order valence-electron chi connectivity index (χ4n) is 1.85. The number of hydrogen-bond acceptors (Lipinski definition) is 5. The summed E-state index contributed by atoms with van der Waals surface area (Å²) in [5.41, 5.74) is 3.34. The minimum absolute atomic E-state index is 0.232. The summed E-state index contributed by atoms with van der Waals surface area (Å²) >= 11 is 0. The van der Waals surface area contributed by atoms with E-state index in [2.05, 4.69) is 0 Å². The molecule has 0 radical (unpaired) electrons. The molecule has 0 saturated carbocycles. The zero-order chi connectivity index (χ0) is 21.6. The average Bonchev–Trinajstić information content (AvgIpc) is 2.86. The molecule has 0 spiro atoms. The molecule has 1 aromatic rings. The number of anilines is 1. The standard InChI is InChI=1S/C13H11N3O4/c14-7-3-1-2-6-10(7)13(20)16(12(6)19)8-4-5-9(17)15-11(8)18/h1-3,8H,4-5,14H2,(H,15,17,18)/t8-/m0/s1/i1D,2D,3D,4D2,5D2,8D. The van der Waals surface area contributed by atoms with Crippen LogP contribution >= 0.6 is 0 Å². The third kappa shape index (κ3) is 1.59. The highest BCUT2D eigenvalue weighted by Crippen LogP contribution is 2.30. The second-order valence-corrected chi connectivity index (χ2v) is 3.87. The van der Waals surface area contributed by atoms with Gasteiger partial charge in [-0.3, -0.25) is 29.4 Å². The molecular formula is C13H11N3O4. The molecule has 20 heavy (non-hydrogen) atoms. The van der Waals surface area contributed by atoms with Gasteiger partial charge in [-0.25, -0.2) is 0 Å². The molecule has 0 bridgehead atoms. The molecular weight excluding hydrogens is 262 g/mol. The first kappa shape index (κ1) is 6.17. The zero-order valence-corrected chi connectivity index (χ0v) is 9.66. The summed E-state index contributed by atoms with van der Waals surface area (Å²) in [6.45, 7) is 0. The van der Waals surface area contributed by atoms with Gasteiger partial charge in [0, 0.05) is 17.5 Å². The number of nitrogens with two attached hydrogens (primary N) is 1. The van der Waals surface area contributed by atoms with Crippen LogP contribution in [0.25, 0.3) is 0 Å². The van der Waals surface area contributed by atoms with Crippen molar-refractivity contribution in [2.24, 2.45) is 0 Å². The molecule has 4 amide bonds. The van der Waals surface area contributed by atoms with Gasteiger partial charge in [-0.05, 0) is 18.5 Å². The summed E-state index contributed by atoms with van der Waals surface area (Å²) in [4.78, 5) is 49.4. The molecule has 102 valence electrons. The van der Waals surface area contributed by atoms with Gasteiger partial charge >= 0.3 is 0 Å². The Labute approximate surface area is 125 Å². The first-order chi connectivity index (χ1) is 12.6. The summed E-state index contributed by atoms with van der Waals surface area (Å²) in [7, 11) is 0. The fraction of sp³-hybridized carbons (Fsp3) is 0.231. The summed E-state index contributed by atoms with van der Waals surface area (Å²) in [5, 5.41) is 1.43. The molecule has 1 aromatic carbocycles. The summed E-state index contributed by atoms with van der Waals surface area (Å²) in [5.74, 6) is -6.51. The number of nitrogens with zero attached hydrogens (tertiary/aromatic N) is 1. The lowest BCUT2D eigenvalue weighted by molar-refractivity contribution is -0.136. The lowest BCUT2D eigenvalue weighted by Gasteiger charge is -2.27. The van der Waals surface area contributed by atoms with E-state index < -0.39 is 77.3 Å². The highest BCUT2D eigenvalue weighted by atomic mass is 16.2. The Morgan fingerprint density at radius 2 is 2.10 bits per heavy atom. The van der Waals surface area contributed by atoms with Gasteiger partial charge in [0.2, 0.25) is 11.8 Å². The minimum Gasteiger partial charge on any atom is -0.398 e. The Hall–Kier alpha value is -2.70. The monoisotopic (exact) mass is 281 g/mol. The third-order valence-electron chi connectivity index (χ3n) is 2.70. The van der Waals surface area contributed by atoms with Crippen LogP contribution in [-0.2, 0) is 9.59 Å². The van der Waals surface area contributed by atoms with Gasteiger partial charge in [-0.15, -0.1) is 0 Å². The number of benzene rings is 1. The van der Waals surface area contributed by atoms with Crippen molar-refractivity contribution in [3.63, 3.8) is 0 Å². The molecule has 0 unspecified atom stereocenters. The topological polar surface area (TPSA) is 110 Å². The van der Waals surface area contributed by atoms with E-state index in [9.17, 15) is 19.2 Å². The van der Waals surface area contributed by atoms with Gasteiger partial charge in [0.05, 0.1) is 16.6 Å². The molecule has 1 fully saturated rings. The van der Waals surface area contributed by atoms with E-state index in [4.69, 9.17) is 16.7 Å². The Morgan fingerprint density at radius 1 is 1.35 bits per heavy atom. The number of piperidine rings is 1. The molecule has 7 heteroatoms. The smallest absolute Gasteiger partial charge is 0.264 e. The van der Waals surface area contributed by atoms with E-state index in [0.29, 0.717) is 0 Å². The van der Waals surface area contributed by atoms with Gasteiger partial charge in [0.15, 0.2) is 0 Å². The van der Waals surface area contributed by atoms with Crippen molar-refractivity contribution in [1.29, 1.82) is 0 Å². The summed E-state index contributed by atoms with van der Waals surface area (Å²) in [6, 6.07) is -6.03. The van der Waals surface area contributed by atoms with Crippen molar-refractivity contribution in [2.45, 2.75) is 18.8 Å². The first-order valence-electron chi connectivity index (χ1n) is 9.28. The third-order valence-corrected chi connectivity index (χ3v) is 2.70. The molecule has 2 aliphatic heterocycles. The Kier molecular flexibility index (Phi) is 1.28. The number of carbonyl (C=O) groups is 4. The van der Waals surface area contributed by atoms with Crippen LogP contribution < -0.4 is 11.1 Å². The van der Waals surface area contributed by atoms with Gasteiger partial charge in [0.1, 0.15) is 6.02 Å². The van der Waals surface area contributed by atoms with Crippen LogP contribution in [0.3, 0.4) is 0 Å². The Balaban J connectivity index is 2.31. The first-order valence-corrected chi connectivity index (χ1v) is 5.28. The van der Waals surface area contributed by atoms with Crippen molar-refractivity contribution in [3.05, 3.63) is 29.3 Å². The zero-order valence-electron chi connectivity index (χ0n) is 17.7. The maximum absolute atomic E-state index is 12.8. The predicted octanol–water partition coefficient (Wildman–Crippen LogP) is -0.330. The van der Waals surface area contributed by atoms with Gasteiger partial charge in [-0.2, -0.15) is 0 Å². The van der Waals surface area contributed by atoms with Crippen LogP contribution in [-0.4, -0.2) is 34.5 Å². The van der Waals surface area contributed by atoms with E-state index in [1.54, 1.807) is 0 Å². The SMILES string of the molecule is [2H]c1c([2H])c(N)c2c(c1[2H])C(=O)N([C@]1([2H])C(=O)NC(=O)C([2H])([2H])C1([2H])[2H])C2=O. The molecule has 3 rings (SSSR count). The van der Waals surface area contributed by atoms with E-state index in [1.165, 1.54) is 5.32 Å². The highest BCUT2D eigenvalue weighted by molar-refractivity contribution is 6.25. The van der Waals surface area contributed by atoms with Gasteiger partial charge < -0.3 is 5.73 Å². The van der Waals surface area contributed by atoms with E-state index >= 15 is 0 Å². The lowest BCUT2D eigenvalue weighted by Crippen LogP contribution is -2.54. The van der Waals surface area contributed by atoms with Crippen LogP contribution in [0.2, 0.25) is 0 Å². The normalized spacial score (nSPS) is 36.5. The van der Waals surface area contributed by atoms with Crippen LogP contribution in [0.4, 0.5) is 5.69 Å². The maximum atomic E-state index is 12.8. The van der Waals surface area contributed by atoms with Crippen LogP contribution in [0.5, 0.6) is 0 Å². The quantitative estimate of drug-likeness (QED) is 0.541. The lowest BCUT2D eigenvalue weighted by atomic mass is 10.0. The number of nitrogen functional groups attached to an aromatic ring is 1. The van der Waals surface area contributed by atoms with E-state index in [1.807, 2.05) is 0 Å². The van der Waals surface area contributed by atoms with Crippen molar-refractivity contribution in [3.8, 4) is 0 Å². The largest absolute Gasteiger partial charge is 0.398 e. The van der Waals surface area contributed by atoms with E-state index in [-0.39, 0.29) is 4.90 Å². The van der Waals surface area contributed by atoms with Gasteiger partial charge in [0.25, 0.3) is 11.8 Å². The average molecular weight is 281 g/mol. The predicted molar refractivity (Wildman–Crippen MR) is 67.5 cm³/mol.